The Bertz CT molecular complexity index is 425. The molecular weight excluding hydrogens is 230 g/mol. The Morgan fingerprint density at radius 1 is 1.50 bits per heavy atom. The van der Waals surface area contributed by atoms with E-state index in [-0.39, 0.29) is 5.97 Å². The highest BCUT2D eigenvalue weighted by atomic mass is 16.5. The molecule has 0 aliphatic carbocycles. The summed E-state index contributed by atoms with van der Waals surface area (Å²) in [5.41, 5.74) is 1.46. The first kappa shape index (κ1) is 12.9. The van der Waals surface area contributed by atoms with Crippen molar-refractivity contribution in [1.29, 1.82) is 0 Å². The standard InChI is InChI=1S/C14H19NO3/c1-10-8-12(5-6-13(10)14(16)17-2)18-9-11-4-3-7-15-11/h5-6,8,11,15H,3-4,7,9H2,1-2H3/t11-/m0/s1. The molecule has 1 atom stereocenters. The van der Waals surface area contributed by atoms with Crippen LogP contribution in [0.4, 0.5) is 0 Å². The van der Waals surface area contributed by atoms with Crippen molar-refractivity contribution in [3.05, 3.63) is 29.3 Å². The normalized spacial score (nSPS) is 18.7. The molecular formula is C14H19NO3. The fraction of sp³-hybridized carbons (Fsp3) is 0.500. The Balaban J connectivity index is 1.97. The third-order valence-electron chi connectivity index (χ3n) is 3.22. The lowest BCUT2D eigenvalue weighted by molar-refractivity contribution is 0.0600. The van der Waals surface area contributed by atoms with Gasteiger partial charge >= 0.3 is 5.97 Å². The maximum absolute atomic E-state index is 11.4. The van der Waals surface area contributed by atoms with Crippen molar-refractivity contribution in [2.45, 2.75) is 25.8 Å². The topological polar surface area (TPSA) is 47.6 Å². The Morgan fingerprint density at radius 2 is 2.33 bits per heavy atom. The van der Waals surface area contributed by atoms with E-state index in [4.69, 9.17) is 9.47 Å². The number of carbonyl (C=O) groups is 1. The molecule has 4 heteroatoms. The van der Waals surface area contributed by atoms with Crippen molar-refractivity contribution in [2.24, 2.45) is 0 Å². The molecule has 1 aromatic carbocycles. The Labute approximate surface area is 107 Å². The predicted octanol–water partition coefficient (Wildman–Crippen LogP) is 1.91. The zero-order valence-corrected chi connectivity index (χ0v) is 10.9. The Hall–Kier alpha value is -1.55. The lowest BCUT2D eigenvalue weighted by atomic mass is 10.1. The highest BCUT2D eigenvalue weighted by Crippen LogP contribution is 2.18. The van der Waals surface area contributed by atoms with Crippen molar-refractivity contribution < 1.29 is 14.3 Å². The van der Waals surface area contributed by atoms with Crippen LogP contribution in [0.25, 0.3) is 0 Å². The smallest absolute Gasteiger partial charge is 0.338 e. The van der Waals surface area contributed by atoms with Gasteiger partial charge in [-0.3, -0.25) is 0 Å². The molecule has 0 unspecified atom stereocenters. The average molecular weight is 249 g/mol. The SMILES string of the molecule is COC(=O)c1ccc(OC[C@@H]2CCCN2)cc1C. The lowest BCUT2D eigenvalue weighted by Crippen LogP contribution is -2.28. The van der Waals surface area contributed by atoms with Gasteiger partial charge in [0.1, 0.15) is 12.4 Å². The van der Waals surface area contributed by atoms with Crippen LogP contribution in [0.5, 0.6) is 5.75 Å². The van der Waals surface area contributed by atoms with E-state index in [2.05, 4.69) is 5.32 Å². The zero-order chi connectivity index (χ0) is 13.0. The van der Waals surface area contributed by atoms with E-state index in [0.29, 0.717) is 18.2 Å². The maximum Gasteiger partial charge on any atom is 0.338 e. The minimum atomic E-state index is -0.309. The molecule has 2 rings (SSSR count). The number of rotatable bonds is 4. The molecule has 1 aliphatic heterocycles. The van der Waals surface area contributed by atoms with Gasteiger partial charge in [0, 0.05) is 6.04 Å². The van der Waals surface area contributed by atoms with Gasteiger partial charge in [0.05, 0.1) is 12.7 Å². The van der Waals surface area contributed by atoms with Gasteiger partial charge in [0.15, 0.2) is 0 Å². The fourth-order valence-corrected chi connectivity index (χ4v) is 2.16. The van der Waals surface area contributed by atoms with E-state index in [1.54, 1.807) is 6.07 Å². The summed E-state index contributed by atoms with van der Waals surface area (Å²) in [7, 11) is 1.39. The number of ether oxygens (including phenoxy) is 2. The fourth-order valence-electron chi connectivity index (χ4n) is 2.16. The molecule has 4 nitrogen and oxygen atoms in total. The highest BCUT2D eigenvalue weighted by molar-refractivity contribution is 5.91. The van der Waals surface area contributed by atoms with E-state index in [9.17, 15) is 4.79 Å². The van der Waals surface area contributed by atoms with Crippen molar-refractivity contribution >= 4 is 5.97 Å². The number of aryl methyl sites for hydroxylation is 1. The third-order valence-corrected chi connectivity index (χ3v) is 3.22. The second-order valence-corrected chi connectivity index (χ2v) is 4.57. The molecule has 0 amide bonds. The minimum Gasteiger partial charge on any atom is -0.492 e. The molecule has 0 aromatic heterocycles. The van der Waals surface area contributed by atoms with Gasteiger partial charge in [0.25, 0.3) is 0 Å². The summed E-state index contributed by atoms with van der Waals surface area (Å²) in [6.07, 6.45) is 2.38. The maximum atomic E-state index is 11.4. The third kappa shape index (κ3) is 3.01. The molecule has 0 saturated carbocycles. The molecule has 1 saturated heterocycles. The van der Waals surface area contributed by atoms with Crippen molar-refractivity contribution in [3.8, 4) is 5.75 Å². The molecule has 1 heterocycles. The molecule has 1 aliphatic rings. The number of hydrogen-bond donors (Lipinski definition) is 1. The number of benzene rings is 1. The monoisotopic (exact) mass is 249 g/mol. The Kier molecular flexibility index (Phi) is 4.20. The van der Waals surface area contributed by atoms with E-state index in [1.165, 1.54) is 20.0 Å². The largest absolute Gasteiger partial charge is 0.492 e. The Morgan fingerprint density at radius 3 is 2.94 bits per heavy atom. The van der Waals surface area contributed by atoms with Crippen LogP contribution < -0.4 is 10.1 Å². The van der Waals surface area contributed by atoms with E-state index in [0.717, 1.165) is 17.9 Å². The van der Waals surface area contributed by atoms with Crippen LogP contribution in [0.3, 0.4) is 0 Å². The first-order valence-electron chi connectivity index (χ1n) is 6.26. The van der Waals surface area contributed by atoms with Gasteiger partial charge in [0.2, 0.25) is 0 Å². The van der Waals surface area contributed by atoms with Gasteiger partial charge in [-0.05, 0) is 50.1 Å². The first-order chi connectivity index (χ1) is 8.70. The minimum absolute atomic E-state index is 0.309. The second kappa shape index (κ2) is 5.87. The molecule has 98 valence electrons. The van der Waals surface area contributed by atoms with Crippen LogP contribution in [0.1, 0.15) is 28.8 Å². The van der Waals surface area contributed by atoms with Gasteiger partial charge in [-0.2, -0.15) is 0 Å². The summed E-state index contributed by atoms with van der Waals surface area (Å²) in [6, 6.07) is 5.89. The van der Waals surface area contributed by atoms with E-state index < -0.39 is 0 Å². The highest BCUT2D eigenvalue weighted by Gasteiger charge is 2.15. The number of methoxy groups -OCH3 is 1. The summed E-state index contributed by atoms with van der Waals surface area (Å²) < 4.78 is 10.4. The number of carbonyl (C=O) groups excluding carboxylic acids is 1. The van der Waals surface area contributed by atoms with Crippen LogP contribution in [0, 0.1) is 6.92 Å². The summed E-state index contributed by atoms with van der Waals surface area (Å²) in [5, 5.41) is 3.38. The quantitative estimate of drug-likeness (QED) is 0.828. The van der Waals surface area contributed by atoms with Crippen LogP contribution >= 0.6 is 0 Å². The molecule has 0 bridgehead atoms. The van der Waals surface area contributed by atoms with Gasteiger partial charge in [-0.25, -0.2) is 4.79 Å². The second-order valence-electron chi connectivity index (χ2n) is 4.57. The van der Waals surface area contributed by atoms with E-state index >= 15 is 0 Å². The van der Waals surface area contributed by atoms with Crippen molar-refractivity contribution in [2.75, 3.05) is 20.3 Å². The molecule has 18 heavy (non-hydrogen) atoms. The summed E-state index contributed by atoms with van der Waals surface area (Å²) in [6.45, 7) is 3.64. The van der Waals surface area contributed by atoms with Crippen molar-refractivity contribution in [1.82, 2.24) is 5.32 Å². The zero-order valence-electron chi connectivity index (χ0n) is 10.9. The molecule has 1 aromatic rings. The average Bonchev–Trinajstić information content (AvgIpc) is 2.88. The molecule has 1 N–H and O–H groups in total. The predicted molar refractivity (Wildman–Crippen MR) is 69.0 cm³/mol. The summed E-state index contributed by atoms with van der Waals surface area (Å²) in [5.74, 6) is 0.491. The van der Waals surface area contributed by atoms with Gasteiger partial charge in [-0.1, -0.05) is 0 Å². The summed E-state index contributed by atoms with van der Waals surface area (Å²) in [4.78, 5) is 11.4. The number of hydrogen-bond acceptors (Lipinski definition) is 4. The summed E-state index contributed by atoms with van der Waals surface area (Å²) >= 11 is 0. The van der Waals surface area contributed by atoms with Crippen LogP contribution in [-0.4, -0.2) is 32.3 Å². The lowest BCUT2D eigenvalue weighted by Gasteiger charge is -2.13. The number of esters is 1. The van der Waals surface area contributed by atoms with E-state index in [1.807, 2.05) is 19.1 Å². The van der Waals surface area contributed by atoms with Crippen LogP contribution in [0.15, 0.2) is 18.2 Å². The molecule has 0 spiro atoms. The first-order valence-corrected chi connectivity index (χ1v) is 6.26. The van der Waals surface area contributed by atoms with Crippen LogP contribution in [-0.2, 0) is 4.74 Å². The number of nitrogens with one attached hydrogen (secondary N) is 1. The molecule has 0 radical (unpaired) electrons. The van der Waals surface area contributed by atoms with Gasteiger partial charge < -0.3 is 14.8 Å². The van der Waals surface area contributed by atoms with Crippen LogP contribution in [0.2, 0.25) is 0 Å². The molecule has 1 fully saturated rings. The van der Waals surface area contributed by atoms with Gasteiger partial charge in [-0.15, -0.1) is 0 Å². The van der Waals surface area contributed by atoms with Crippen molar-refractivity contribution in [3.63, 3.8) is 0 Å².